The Morgan fingerprint density at radius 2 is 1.95 bits per heavy atom. The van der Waals surface area contributed by atoms with Gasteiger partial charge in [0, 0.05) is 26.1 Å². The molecule has 1 aromatic carbocycles. The number of hydrogen-bond donors (Lipinski definition) is 2. The summed E-state index contributed by atoms with van der Waals surface area (Å²) >= 11 is 0. The van der Waals surface area contributed by atoms with Gasteiger partial charge in [0.1, 0.15) is 0 Å². The number of hydrogen-bond acceptors (Lipinski definition) is 3. The number of anilines is 2. The summed E-state index contributed by atoms with van der Waals surface area (Å²) in [5.74, 6) is 1.49. The largest absolute Gasteiger partial charge is 0.397 e. The molecule has 0 bridgehead atoms. The Morgan fingerprint density at radius 1 is 1.32 bits per heavy atom. The molecule has 1 amide bonds. The van der Waals surface area contributed by atoms with E-state index >= 15 is 0 Å². The highest BCUT2D eigenvalue weighted by atomic mass is 16.1. The number of nitrogen functional groups attached to an aromatic ring is 1. The van der Waals surface area contributed by atoms with Crippen LogP contribution in [0.15, 0.2) is 24.3 Å². The Morgan fingerprint density at radius 3 is 2.58 bits per heavy atom. The van der Waals surface area contributed by atoms with Crippen molar-refractivity contribution in [1.82, 2.24) is 4.90 Å². The van der Waals surface area contributed by atoms with E-state index in [-0.39, 0.29) is 5.91 Å². The maximum Gasteiger partial charge on any atom is 0.225 e. The molecule has 0 radical (unpaired) electrons. The van der Waals surface area contributed by atoms with Crippen molar-refractivity contribution in [2.45, 2.75) is 20.3 Å². The molecule has 4 nitrogen and oxygen atoms in total. The highest BCUT2D eigenvalue weighted by Gasteiger charge is 2.25. The van der Waals surface area contributed by atoms with Gasteiger partial charge in [-0.15, -0.1) is 0 Å². The fraction of sp³-hybridized carbons (Fsp3) is 0.533. The highest BCUT2D eigenvalue weighted by Crippen LogP contribution is 2.22. The third-order valence-corrected chi connectivity index (χ3v) is 3.95. The molecular weight excluding hydrogens is 238 g/mol. The Labute approximate surface area is 115 Å². The zero-order chi connectivity index (χ0) is 13.8. The number of nitrogens with zero attached hydrogens (tertiary/aromatic N) is 1. The van der Waals surface area contributed by atoms with Crippen LogP contribution < -0.4 is 11.1 Å². The Balaban J connectivity index is 1.78. The van der Waals surface area contributed by atoms with Crippen LogP contribution in [0.1, 0.15) is 20.3 Å². The van der Waals surface area contributed by atoms with Gasteiger partial charge in [-0.2, -0.15) is 0 Å². The summed E-state index contributed by atoms with van der Waals surface area (Å²) in [7, 11) is 0. The molecule has 1 heterocycles. The number of benzene rings is 1. The van der Waals surface area contributed by atoms with Crippen molar-refractivity contribution in [3.05, 3.63) is 24.3 Å². The first kappa shape index (κ1) is 13.9. The van der Waals surface area contributed by atoms with Crippen LogP contribution in [-0.4, -0.2) is 30.4 Å². The van der Waals surface area contributed by atoms with Crippen LogP contribution in [0.4, 0.5) is 11.4 Å². The molecular formula is C15H23N3O. The minimum absolute atomic E-state index is 0.0325. The molecule has 0 spiro atoms. The predicted octanol–water partition coefficient (Wildman–Crippen LogP) is 2.19. The molecule has 0 aromatic heterocycles. The number of likely N-dealkylation sites (tertiary alicyclic amines) is 1. The van der Waals surface area contributed by atoms with Crippen LogP contribution in [0, 0.1) is 11.8 Å². The molecule has 104 valence electrons. The molecule has 1 saturated heterocycles. The summed E-state index contributed by atoms with van der Waals surface area (Å²) in [6.07, 6.45) is 0.522. The molecule has 1 aromatic rings. The highest BCUT2D eigenvalue weighted by molar-refractivity contribution is 5.93. The average Bonchev–Trinajstić information content (AvgIpc) is 2.69. The van der Waals surface area contributed by atoms with Crippen molar-refractivity contribution in [1.29, 1.82) is 0 Å². The minimum atomic E-state index is 0.0325. The normalized spacial score (nSPS) is 23.5. The number of amides is 1. The Kier molecular flexibility index (Phi) is 4.43. The van der Waals surface area contributed by atoms with Gasteiger partial charge in [0.15, 0.2) is 0 Å². The summed E-state index contributed by atoms with van der Waals surface area (Å²) in [5.41, 5.74) is 7.11. The molecule has 2 unspecified atom stereocenters. The second-order valence-corrected chi connectivity index (χ2v) is 5.60. The summed E-state index contributed by atoms with van der Waals surface area (Å²) in [6, 6.07) is 7.35. The summed E-state index contributed by atoms with van der Waals surface area (Å²) in [4.78, 5) is 14.3. The van der Waals surface area contributed by atoms with E-state index in [9.17, 15) is 4.79 Å². The van der Waals surface area contributed by atoms with Crippen LogP contribution in [0.3, 0.4) is 0 Å². The van der Waals surface area contributed by atoms with Crippen molar-refractivity contribution in [2.24, 2.45) is 11.8 Å². The van der Waals surface area contributed by atoms with Gasteiger partial charge in [-0.05, 0) is 24.0 Å². The van der Waals surface area contributed by atoms with Crippen LogP contribution in [0.25, 0.3) is 0 Å². The zero-order valence-corrected chi connectivity index (χ0v) is 11.7. The first-order valence-electron chi connectivity index (χ1n) is 6.93. The van der Waals surface area contributed by atoms with E-state index in [0.29, 0.717) is 17.8 Å². The molecule has 1 fully saturated rings. The predicted molar refractivity (Wildman–Crippen MR) is 78.9 cm³/mol. The second-order valence-electron chi connectivity index (χ2n) is 5.60. The van der Waals surface area contributed by atoms with Crippen molar-refractivity contribution in [2.75, 3.05) is 30.7 Å². The van der Waals surface area contributed by atoms with Crippen molar-refractivity contribution >= 4 is 17.3 Å². The number of carbonyl (C=O) groups excluding carboxylic acids is 1. The maximum absolute atomic E-state index is 11.9. The number of nitrogens with one attached hydrogen (secondary N) is 1. The van der Waals surface area contributed by atoms with Gasteiger partial charge >= 0.3 is 0 Å². The fourth-order valence-electron chi connectivity index (χ4n) is 2.51. The lowest BCUT2D eigenvalue weighted by molar-refractivity contribution is -0.116. The molecule has 19 heavy (non-hydrogen) atoms. The van der Waals surface area contributed by atoms with Crippen LogP contribution in [-0.2, 0) is 4.79 Å². The first-order chi connectivity index (χ1) is 9.06. The molecule has 2 rings (SSSR count). The van der Waals surface area contributed by atoms with Crippen molar-refractivity contribution < 1.29 is 4.79 Å². The van der Waals surface area contributed by atoms with E-state index in [4.69, 9.17) is 5.73 Å². The lowest BCUT2D eigenvalue weighted by Gasteiger charge is -2.15. The van der Waals surface area contributed by atoms with E-state index in [1.165, 1.54) is 0 Å². The monoisotopic (exact) mass is 261 g/mol. The molecule has 0 saturated carbocycles. The minimum Gasteiger partial charge on any atom is -0.397 e. The molecule has 1 aliphatic heterocycles. The third-order valence-electron chi connectivity index (χ3n) is 3.95. The summed E-state index contributed by atoms with van der Waals surface area (Å²) in [6.45, 7) is 7.57. The number of para-hydroxylation sites is 2. The molecule has 0 aliphatic carbocycles. The zero-order valence-electron chi connectivity index (χ0n) is 11.7. The third kappa shape index (κ3) is 3.70. The van der Waals surface area contributed by atoms with Gasteiger partial charge in [-0.1, -0.05) is 26.0 Å². The van der Waals surface area contributed by atoms with Gasteiger partial charge in [0.25, 0.3) is 0 Å². The maximum atomic E-state index is 11.9. The van der Waals surface area contributed by atoms with Crippen molar-refractivity contribution in [3.63, 3.8) is 0 Å². The van der Waals surface area contributed by atoms with Gasteiger partial charge in [0.05, 0.1) is 11.4 Å². The molecule has 3 N–H and O–H groups in total. The van der Waals surface area contributed by atoms with Gasteiger partial charge in [-0.3, -0.25) is 4.79 Å². The molecule has 2 atom stereocenters. The number of rotatable bonds is 4. The van der Waals surface area contributed by atoms with E-state index in [0.717, 1.165) is 31.5 Å². The standard InChI is InChI=1S/C15H23N3O/c1-11-9-18(10-12(11)2)8-7-15(19)17-14-6-4-3-5-13(14)16/h3-6,11-12H,7-10,16H2,1-2H3,(H,17,19). The Hall–Kier alpha value is -1.55. The smallest absolute Gasteiger partial charge is 0.225 e. The molecule has 1 aliphatic rings. The molecule has 4 heteroatoms. The van der Waals surface area contributed by atoms with Gasteiger partial charge < -0.3 is 16.0 Å². The van der Waals surface area contributed by atoms with Crippen molar-refractivity contribution in [3.8, 4) is 0 Å². The lowest BCUT2D eigenvalue weighted by Crippen LogP contribution is -2.26. The lowest BCUT2D eigenvalue weighted by atomic mass is 10.0. The fourth-order valence-corrected chi connectivity index (χ4v) is 2.51. The van der Waals surface area contributed by atoms with Gasteiger partial charge in [-0.25, -0.2) is 0 Å². The SMILES string of the molecule is CC1CN(CCC(=O)Nc2ccccc2N)CC1C. The van der Waals surface area contributed by atoms with Gasteiger partial charge in [0.2, 0.25) is 5.91 Å². The van der Waals surface area contributed by atoms with E-state index < -0.39 is 0 Å². The summed E-state index contributed by atoms with van der Waals surface area (Å²) in [5, 5.41) is 2.87. The average molecular weight is 261 g/mol. The number of carbonyl (C=O) groups is 1. The second kappa shape index (κ2) is 6.06. The van der Waals surface area contributed by atoms with E-state index in [2.05, 4.69) is 24.1 Å². The van der Waals surface area contributed by atoms with Crippen LogP contribution >= 0.6 is 0 Å². The summed E-state index contributed by atoms with van der Waals surface area (Å²) < 4.78 is 0. The first-order valence-corrected chi connectivity index (χ1v) is 6.93. The van der Waals surface area contributed by atoms with Crippen LogP contribution in [0.5, 0.6) is 0 Å². The van der Waals surface area contributed by atoms with Crippen LogP contribution in [0.2, 0.25) is 0 Å². The van der Waals surface area contributed by atoms with E-state index in [1.807, 2.05) is 18.2 Å². The Bertz CT molecular complexity index is 437. The number of nitrogens with two attached hydrogens (primary N) is 1. The quantitative estimate of drug-likeness (QED) is 0.817. The topological polar surface area (TPSA) is 58.4 Å². The van der Waals surface area contributed by atoms with E-state index in [1.54, 1.807) is 6.07 Å².